The third kappa shape index (κ3) is 6.20. The van der Waals surface area contributed by atoms with E-state index < -0.39 is 6.04 Å². The van der Waals surface area contributed by atoms with Crippen LogP contribution < -0.4 is 5.73 Å². The van der Waals surface area contributed by atoms with E-state index in [1.807, 2.05) is 13.8 Å². The van der Waals surface area contributed by atoms with Crippen molar-refractivity contribution in [3.63, 3.8) is 0 Å². The Morgan fingerprint density at radius 3 is 2.50 bits per heavy atom. The van der Waals surface area contributed by atoms with Gasteiger partial charge in [0.15, 0.2) is 5.78 Å². The summed E-state index contributed by atoms with van der Waals surface area (Å²) in [5, 5.41) is 0. The third-order valence-corrected chi connectivity index (χ3v) is 5.11. The molecule has 5 nitrogen and oxygen atoms in total. The third-order valence-electron chi connectivity index (χ3n) is 5.11. The topological polar surface area (TPSA) is 76.3 Å². The van der Waals surface area contributed by atoms with Crippen LogP contribution in [0.3, 0.4) is 0 Å². The average molecular weight is 362 g/mol. The van der Waals surface area contributed by atoms with Crippen molar-refractivity contribution in [2.24, 2.45) is 11.7 Å². The largest absolute Gasteiger partial charge is 0.335 e. The number of Topliss-reactive ketones (excluding diaryl/α,β-unsaturated/α-hetero) is 1. The minimum Gasteiger partial charge on any atom is -0.335 e. The summed E-state index contributed by atoms with van der Waals surface area (Å²) >= 11 is 0. The molecule has 1 heterocycles. The van der Waals surface area contributed by atoms with Gasteiger partial charge < -0.3 is 10.6 Å². The summed E-state index contributed by atoms with van der Waals surface area (Å²) in [5.74, 6) is 0.0513. The fourth-order valence-corrected chi connectivity index (χ4v) is 3.23. The van der Waals surface area contributed by atoms with Crippen molar-refractivity contribution < 1.29 is 9.59 Å². The van der Waals surface area contributed by atoms with Crippen LogP contribution in [0.4, 0.5) is 0 Å². The predicted molar refractivity (Wildman–Crippen MR) is 106 cm³/mol. The molecule has 1 aromatic heterocycles. The molecule has 0 fully saturated rings. The van der Waals surface area contributed by atoms with Gasteiger partial charge in [-0.15, -0.1) is 0 Å². The Morgan fingerprint density at radius 1 is 1.19 bits per heavy atom. The molecule has 0 aliphatic carbocycles. The van der Waals surface area contributed by atoms with Crippen LogP contribution in [-0.2, 0) is 11.3 Å². The summed E-state index contributed by atoms with van der Waals surface area (Å²) < 4.78 is 0. The number of nitrogens with two attached hydrogens (primary N) is 1. The highest BCUT2D eigenvalue weighted by Crippen LogP contribution is 2.21. The number of amides is 1. The lowest BCUT2D eigenvalue weighted by Crippen LogP contribution is -2.46. The number of ketones is 1. The molecule has 0 aromatic carbocycles. The number of hydrogen-bond acceptors (Lipinski definition) is 4. The van der Waals surface area contributed by atoms with Crippen LogP contribution in [0.5, 0.6) is 0 Å². The van der Waals surface area contributed by atoms with Gasteiger partial charge in [0.2, 0.25) is 5.91 Å². The minimum absolute atomic E-state index is 0.0401. The Kier molecular flexibility index (Phi) is 10.1. The molecule has 1 aromatic rings. The number of rotatable bonds is 12. The first-order chi connectivity index (χ1) is 12.5. The average Bonchev–Trinajstić information content (AvgIpc) is 2.67. The molecule has 26 heavy (non-hydrogen) atoms. The number of likely N-dealkylation sites (N-methyl/N-ethyl adjacent to an activating group) is 1. The molecule has 2 atom stereocenters. The molecule has 0 aliphatic rings. The lowest BCUT2D eigenvalue weighted by molar-refractivity contribution is -0.132. The molecule has 0 unspecified atom stereocenters. The highest BCUT2D eigenvalue weighted by Gasteiger charge is 2.32. The molecule has 146 valence electrons. The zero-order chi connectivity index (χ0) is 19.5. The van der Waals surface area contributed by atoms with Gasteiger partial charge in [0.05, 0.1) is 11.7 Å². The molecule has 1 amide bonds. The van der Waals surface area contributed by atoms with E-state index in [4.69, 9.17) is 5.73 Å². The van der Waals surface area contributed by atoms with E-state index >= 15 is 0 Å². The Morgan fingerprint density at radius 2 is 1.88 bits per heavy atom. The van der Waals surface area contributed by atoms with Crippen LogP contribution in [0.25, 0.3) is 0 Å². The van der Waals surface area contributed by atoms with Crippen molar-refractivity contribution in [1.82, 2.24) is 9.88 Å². The Hall–Kier alpha value is -1.75. The van der Waals surface area contributed by atoms with Gasteiger partial charge in [0.25, 0.3) is 0 Å². The Labute approximate surface area is 158 Å². The second-order valence-electron chi connectivity index (χ2n) is 7.07. The van der Waals surface area contributed by atoms with Gasteiger partial charge in [-0.3, -0.25) is 14.6 Å². The van der Waals surface area contributed by atoms with Crippen LogP contribution in [0.15, 0.2) is 18.3 Å². The van der Waals surface area contributed by atoms with Crippen molar-refractivity contribution in [3.8, 4) is 0 Å². The number of nitrogens with zero attached hydrogens (tertiary/aromatic N) is 2. The minimum atomic E-state index is -0.474. The standard InChI is InChI=1S/C21H35N3O2/c1-5-7-8-9-10-13-19(25)24(4)20(16(3)6-2)21(26)17-12-11-14-23-18(17)15-22/h11-12,14,16,20H,5-10,13,15,22H2,1-4H3/t16-,20-/m0/s1. The molecule has 5 heteroatoms. The summed E-state index contributed by atoms with van der Waals surface area (Å²) in [6.07, 6.45) is 8.47. The first kappa shape index (κ1) is 22.3. The normalized spacial score (nSPS) is 13.3. The van der Waals surface area contributed by atoms with E-state index in [2.05, 4.69) is 11.9 Å². The van der Waals surface area contributed by atoms with Crippen molar-refractivity contribution in [1.29, 1.82) is 0 Å². The monoisotopic (exact) mass is 361 g/mol. The van der Waals surface area contributed by atoms with Crippen LogP contribution in [0.1, 0.15) is 81.8 Å². The summed E-state index contributed by atoms with van der Waals surface area (Å²) in [7, 11) is 1.75. The first-order valence-corrected chi connectivity index (χ1v) is 9.91. The SMILES string of the molecule is CCCCCCCC(=O)N(C)[C@H](C(=O)c1cccnc1CN)[C@@H](C)CC. The number of aromatic nitrogens is 1. The van der Waals surface area contributed by atoms with Gasteiger partial charge in [-0.1, -0.05) is 52.9 Å². The molecular formula is C21H35N3O2. The zero-order valence-electron chi connectivity index (χ0n) is 16.8. The lowest BCUT2D eigenvalue weighted by atomic mass is 9.89. The first-order valence-electron chi connectivity index (χ1n) is 9.91. The summed E-state index contributed by atoms with van der Waals surface area (Å²) in [4.78, 5) is 31.7. The smallest absolute Gasteiger partial charge is 0.222 e. The summed E-state index contributed by atoms with van der Waals surface area (Å²) in [6.45, 7) is 6.45. The van der Waals surface area contributed by atoms with Crippen molar-refractivity contribution in [2.45, 2.75) is 78.3 Å². The number of carbonyl (C=O) groups is 2. The number of pyridine rings is 1. The number of carbonyl (C=O) groups excluding carboxylic acids is 2. The van der Waals surface area contributed by atoms with Gasteiger partial charge in [-0.05, 0) is 24.5 Å². The van der Waals surface area contributed by atoms with Crippen LogP contribution >= 0.6 is 0 Å². The molecule has 2 N–H and O–H groups in total. The number of hydrogen-bond donors (Lipinski definition) is 1. The van der Waals surface area contributed by atoms with Gasteiger partial charge in [-0.2, -0.15) is 0 Å². The second-order valence-corrected chi connectivity index (χ2v) is 7.07. The lowest BCUT2D eigenvalue weighted by Gasteiger charge is -2.32. The molecule has 0 bridgehead atoms. The highest BCUT2D eigenvalue weighted by molar-refractivity contribution is 6.02. The van der Waals surface area contributed by atoms with Crippen molar-refractivity contribution in [2.75, 3.05) is 7.05 Å². The second kappa shape index (κ2) is 11.8. The van der Waals surface area contributed by atoms with Crippen molar-refractivity contribution in [3.05, 3.63) is 29.6 Å². The zero-order valence-corrected chi connectivity index (χ0v) is 16.8. The predicted octanol–water partition coefficient (Wildman–Crippen LogP) is 3.96. The van der Waals surface area contributed by atoms with Gasteiger partial charge in [-0.25, -0.2) is 0 Å². The van der Waals surface area contributed by atoms with E-state index in [9.17, 15) is 9.59 Å². The fourth-order valence-electron chi connectivity index (χ4n) is 3.23. The van der Waals surface area contributed by atoms with Crippen molar-refractivity contribution >= 4 is 11.7 Å². The van der Waals surface area contributed by atoms with E-state index in [-0.39, 0.29) is 24.2 Å². The van der Waals surface area contributed by atoms with Crippen LogP contribution in [-0.4, -0.2) is 34.7 Å². The fraction of sp³-hybridized carbons (Fsp3) is 0.667. The Bertz CT molecular complexity index is 574. The van der Waals surface area contributed by atoms with E-state index in [1.54, 1.807) is 30.3 Å². The van der Waals surface area contributed by atoms with Gasteiger partial charge in [0, 0.05) is 31.8 Å². The van der Waals surface area contributed by atoms with Gasteiger partial charge >= 0.3 is 0 Å². The van der Waals surface area contributed by atoms with Crippen LogP contribution in [0.2, 0.25) is 0 Å². The molecule has 1 rings (SSSR count). The van der Waals surface area contributed by atoms with E-state index in [0.717, 1.165) is 25.7 Å². The quantitative estimate of drug-likeness (QED) is 0.452. The van der Waals surface area contributed by atoms with E-state index in [1.165, 1.54) is 12.8 Å². The molecular weight excluding hydrogens is 326 g/mol. The molecule has 0 aliphatic heterocycles. The number of unbranched alkanes of at least 4 members (excludes halogenated alkanes) is 4. The molecule has 0 spiro atoms. The van der Waals surface area contributed by atoms with Gasteiger partial charge in [0.1, 0.15) is 0 Å². The molecule has 0 saturated carbocycles. The van der Waals surface area contributed by atoms with Crippen LogP contribution in [0, 0.1) is 5.92 Å². The maximum atomic E-state index is 13.2. The molecule has 0 radical (unpaired) electrons. The summed E-state index contributed by atoms with van der Waals surface area (Å²) in [5.41, 5.74) is 6.86. The maximum Gasteiger partial charge on any atom is 0.222 e. The molecule has 0 saturated heterocycles. The highest BCUT2D eigenvalue weighted by atomic mass is 16.2. The maximum absolute atomic E-state index is 13.2. The summed E-state index contributed by atoms with van der Waals surface area (Å²) in [6, 6.07) is 3.03. The Balaban J connectivity index is 2.88. The van der Waals surface area contributed by atoms with E-state index in [0.29, 0.717) is 17.7 Å².